The molecule has 8 rings (SSSR count). The maximum absolute atomic E-state index is 14.0. The van der Waals surface area contributed by atoms with Crippen molar-refractivity contribution in [1.82, 2.24) is 39.7 Å². The highest BCUT2D eigenvalue weighted by Crippen LogP contribution is 2.34. The quantitative estimate of drug-likeness (QED) is 0.0610. The van der Waals surface area contributed by atoms with Crippen LogP contribution in [0.5, 0.6) is 0 Å². The number of benzene rings is 2. The first-order valence-corrected chi connectivity index (χ1v) is 25.8. The first-order chi connectivity index (χ1) is 35.3. The van der Waals surface area contributed by atoms with E-state index in [0.717, 1.165) is 57.4 Å². The molecule has 0 saturated carbocycles. The van der Waals surface area contributed by atoms with Gasteiger partial charge < -0.3 is 49.1 Å². The van der Waals surface area contributed by atoms with E-state index in [-0.39, 0.29) is 75.5 Å². The smallest absolute Gasteiger partial charge is 0.243 e. The number of carbonyl (C=O) groups excluding carboxylic acids is 4. The lowest BCUT2D eigenvalue weighted by Crippen LogP contribution is -2.50. The largest absolute Gasteiger partial charge is 0.467 e. The van der Waals surface area contributed by atoms with Crippen molar-refractivity contribution in [1.29, 1.82) is 0 Å². The summed E-state index contributed by atoms with van der Waals surface area (Å²) in [5, 5.41) is 25.3. The molecule has 73 heavy (non-hydrogen) atoms. The molecule has 3 N–H and O–H groups in total. The van der Waals surface area contributed by atoms with Crippen molar-refractivity contribution < 1.29 is 42.9 Å². The van der Waals surface area contributed by atoms with E-state index in [1.165, 1.54) is 4.90 Å². The molecule has 6 aromatic rings. The summed E-state index contributed by atoms with van der Waals surface area (Å²) in [5.41, 5.74) is 7.78. The second kappa shape index (κ2) is 24.9. The summed E-state index contributed by atoms with van der Waals surface area (Å²) in [5.74, 6) is 0.00900. The Hall–Kier alpha value is -6.58. The van der Waals surface area contributed by atoms with Crippen LogP contribution in [0.2, 0.25) is 0 Å². The number of fused-ring (bicyclic) bond motifs is 1. The molecule has 3 amide bonds. The number of rotatable bonds is 24. The Morgan fingerprint density at radius 1 is 0.863 bits per heavy atom. The molecule has 4 aromatic heterocycles. The number of nitrogens with one attached hydrogen (secondary N) is 2. The molecule has 0 bridgehead atoms. The maximum Gasteiger partial charge on any atom is 0.243 e. The molecule has 2 aliphatic heterocycles. The molecule has 0 radical (unpaired) electrons. The van der Waals surface area contributed by atoms with Crippen molar-refractivity contribution in [3.63, 3.8) is 0 Å². The van der Waals surface area contributed by atoms with Crippen molar-refractivity contribution in [2.24, 2.45) is 11.3 Å². The first-order valence-electron chi connectivity index (χ1n) is 24.9. The third kappa shape index (κ3) is 13.9. The van der Waals surface area contributed by atoms with Gasteiger partial charge in [0.15, 0.2) is 5.65 Å². The van der Waals surface area contributed by atoms with Crippen molar-refractivity contribution in [2.45, 2.75) is 78.6 Å². The van der Waals surface area contributed by atoms with Gasteiger partial charge >= 0.3 is 0 Å². The Labute approximate surface area is 429 Å². The average molecular weight is 1020 g/mol. The SMILES string of the molecule is Cc1ncsc1-c1ccc(CNC(=O)[C@@H]2C[C@@H](O)CN2C(=O)[C@@H](CC(=O)CCOCCOCCOCCC(=O)N2CCN(c3ccc(-c4cnc(NCc5ccco5)n5cnnc45)cc3)CC2)C(C)(C)C)cc1. The number of furan rings is 1. The normalized spacial score (nSPS) is 16.5. The topological polar surface area (TPSA) is 219 Å². The van der Waals surface area contributed by atoms with Gasteiger partial charge in [-0.25, -0.2) is 9.97 Å². The highest BCUT2D eigenvalue weighted by atomic mass is 32.1. The van der Waals surface area contributed by atoms with Gasteiger partial charge in [-0.2, -0.15) is 0 Å². The summed E-state index contributed by atoms with van der Waals surface area (Å²) < 4.78 is 24.2. The third-order valence-electron chi connectivity index (χ3n) is 13.3. The molecular weight excluding hydrogens is 953 g/mol. The highest BCUT2D eigenvalue weighted by molar-refractivity contribution is 7.13. The number of β-amino-alcohol motifs (C(OH)–C–C–N with tert-alkyl or cyclic N) is 1. The zero-order valence-electron chi connectivity index (χ0n) is 42.0. The van der Waals surface area contributed by atoms with Crippen LogP contribution in [-0.2, 0) is 46.5 Å². The van der Waals surface area contributed by atoms with Crippen molar-refractivity contribution >= 4 is 52.1 Å². The van der Waals surface area contributed by atoms with Crippen molar-refractivity contribution in [3.05, 3.63) is 102 Å². The fraction of sp³-hybridized carbons (Fsp3) is 0.472. The Kier molecular flexibility index (Phi) is 18.0. The van der Waals surface area contributed by atoms with E-state index in [1.54, 1.807) is 30.1 Å². The van der Waals surface area contributed by atoms with Gasteiger partial charge in [-0.15, -0.1) is 21.5 Å². The van der Waals surface area contributed by atoms with Gasteiger partial charge in [-0.1, -0.05) is 57.2 Å². The van der Waals surface area contributed by atoms with Gasteiger partial charge in [-0.05, 0) is 53.3 Å². The standard InChI is InChI=1S/C53H66N10O9S/c1-36-48(73-35-57-36)39-9-7-37(8-10-39)30-54-50(67)46-29-42(65)33-62(46)51(68)45(53(2,3)4)28-41(64)15-22-69-24-26-71-27-25-70-23-16-47(66)61-19-17-60(18-20-61)40-13-11-38(12-14-40)44-32-56-52(63-34-58-59-49(44)63)55-31-43-6-5-21-72-43/h5-14,21,32,34-35,42,45-46,65H,15-20,22-31,33H2,1-4H3,(H,54,67)(H,55,56)/t42-,45-,46+/m1/s1. The number of likely N-dealkylation sites (tertiary alicyclic amines) is 1. The maximum atomic E-state index is 14.0. The molecule has 0 spiro atoms. The number of Topliss-reactive ketones (excluding diaryl/α,β-unsaturated/α-hetero) is 1. The molecular formula is C53H66N10O9S. The Bertz CT molecular complexity index is 2750. The molecule has 19 nitrogen and oxygen atoms in total. The number of thiazole rings is 1. The number of amides is 3. The van der Waals surface area contributed by atoms with Gasteiger partial charge in [0.25, 0.3) is 0 Å². The Morgan fingerprint density at radius 3 is 2.23 bits per heavy atom. The Morgan fingerprint density at radius 2 is 1.56 bits per heavy atom. The molecule has 0 aliphatic carbocycles. The predicted molar refractivity (Wildman–Crippen MR) is 276 cm³/mol. The number of aromatic nitrogens is 5. The molecule has 6 heterocycles. The molecule has 388 valence electrons. The van der Waals surface area contributed by atoms with Gasteiger partial charge in [0.2, 0.25) is 23.7 Å². The lowest BCUT2D eigenvalue weighted by molar-refractivity contribution is -0.146. The minimum absolute atomic E-state index is 0.00263. The monoisotopic (exact) mass is 1020 g/mol. The number of ketones is 1. The van der Waals surface area contributed by atoms with Crippen LogP contribution in [0.3, 0.4) is 0 Å². The molecule has 2 saturated heterocycles. The summed E-state index contributed by atoms with van der Waals surface area (Å²) in [6.07, 6.45) is 4.77. The second-order valence-corrected chi connectivity index (χ2v) is 20.3. The predicted octanol–water partition coefficient (Wildman–Crippen LogP) is 5.81. The summed E-state index contributed by atoms with van der Waals surface area (Å²) >= 11 is 1.58. The number of aryl methyl sites for hydroxylation is 1. The summed E-state index contributed by atoms with van der Waals surface area (Å²) in [6, 6.07) is 19.1. The summed E-state index contributed by atoms with van der Waals surface area (Å²) in [6.45, 7) is 12.9. The van der Waals surface area contributed by atoms with Crippen molar-refractivity contribution in [2.75, 3.05) is 82.6 Å². The molecule has 20 heteroatoms. The molecule has 2 fully saturated rings. The van der Waals surface area contributed by atoms with Gasteiger partial charge in [0.05, 0.1) is 81.1 Å². The first kappa shape index (κ1) is 52.7. The summed E-state index contributed by atoms with van der Waals surface area (Å²) in [4.78, 5) is 69.3. The number of nitrogens with zero attached hydrogens (tertiary/aromatic N) is 8. The molecule has 2 aromatic carbocycles. The van der Waals surface area contributed by atoms with Crippen LogP contribution < -0.4 is 15.5 Å². The van der Waals surface area contributed by atoms with Gasteiger partial charge in [0.1, 0.15) is 23.9 Å². The number of piperazine rings is 1. The van der Waals surface area contributed by atoms with E-state index in [9.17, 15) is 24.3 Å². The number of carbonyl (C=O) groups is 4. The average Bonchev–Trinajstić information content (AvgIpc) is 4.25. The van der Waals surface area contributed by atoms with E-state index in [4.69, 9.17) is 18.6 Å². The van der Waals surface area contributed by atoms with Gasteiger partial charge in [-0.3, -0.25) is 23.6 Å². The number of anilines is 2. The number of hydrogen-bond acceptors (Lipinski definition) is 16. The number of aliphatic hydroxyl groups is 1. The van der Waals surface area contributed by atoms with Crippen LogP contribution in [0, 0.1) is 18.3 Å². The number of aliphatic hydroxyl groups excluding tert-OH is 1. The van der Waals surface area contributed by atoms with E-state index >= 15 is 0 Å². The zero-order chi connectivity index (χ0) is 51.3. The lowest BCUT2D eigenvalue weighted by atomic mass is 9.76. The third-order valence-corrected chi connectivity index (χ3v) is 14.3. The van der Waals surface area contributed by atoms with Crippen LogP contribution in [0.15, 0.2) is 89.4 Å². The van der Waals surface area contributed by atoms with Crippen LogP contribution >= 0.6 is 11.3 Å². The van der Waals surface area contributed by atoms with Crippen LogP contribution in [0.25, 0.3) is 27.2 Å². The fourth-order valence-electron chi connectivity index (χ4n) is 9.10. The highest BCUT2D eigenvalue weighted by Gasteiger charge is 2.44. The molecule has 2 aliphatic rings. The van der Waals surface area contributed by atoms with E-state index < -0.39 is 23.5 Å². The van der Waals surface area contributed by atoms with Gasteiger partial charge in [0, 0.05) is 81.9 Å². The van der Waals surface area contributed by atoms with Crippen LogP contribution in [-0.4, -0.2) is 147 Å². The minimum Gasteiger partial charge on any atom is -0.467 e. The molecule has 3 atom stereocenters. The summed E-state index contributed by atoms with van der Waals surface area (Å²) in [7, 11) is 0. The van der Waals surface area contributed by atoms with E-state index in [0.29, 0.717) is 57.7 Å². The number of ether oxygens (including phenoxy) is 3. The zero-order valence-corrected chi connectivity index (χ0v) is 42.9. The van der Waals surface area contributed by atoms with Crippen LogP contribution in [0.1, 0.15) is 63.5 Å². The molecule has 0 unspecified atom stereocenters. The van der Waals surface area contributed by atoms with Crippen molar-refractivity contribution in [3.8, 4) is 21.6 Å². The van der Waals surface area contributed by atoms with Crippen LogP contribution in [0.4, 0.5) is 11.6 Å². The van der Waals surface area contributed by atoms with E-state index in [2.05, 4.69) is 60.0 Å². The second-order valence-electron chi connectivity index (χ2n) is 19.4. The van der Waals surface area contributed by atoms with E-state index in [1.807, 2.05) is 78.9 Å². The minimum atomic E-state index is -0.840. The number of hydrogen-bond donors (Lipinski definition) is 3. The fourth-order valence-corrected chi connectivity index (χ4v) is 9.92. The Balaban J connectivity index is 0.668. The lowest BCUT2D eigenvalue weighted by Gasteiger charge is -2.36.